The monoisotopic (exact) mass is 624 g/mol. The van der Waals surface area contributed by atoms with E-state index >= 15 is 0 Å². The molecule has 4 N–H and O–H groups in total. The Morgan fingerprint density at radius 2 is 1.55 bits per heavy atom. The van der Waals surface area contributed by atoms with Crippen LogP contribution in [0.15, 0.2) is 83.8 Å². The third-order valence-electron chi connectivity index (χ3n) is 5.15. The van der Waals surface area contributed by atoms with E-state index in [0.717, 1.165) is 6.07 Å². The Kier molecular flexibility index (Phi) is 10.5. The molecule has 210 valence electrons. The summed E-state index contributed by atoms with van der Waals surface area (Å²) in [7, 11) is -0.902. The van der Waals surface area contributed by atoms with Crippen molar-refractivity contribution >= 4 is 56.4 Å². The fraction of sp³-hybridized carbons (Fsp3) is 0.0741. The van der Waals surface area contributed by atoms with Gasteiger partial charge in [-0.3, -0.25) is 4.79 Å². The van der Waals surface area contributed by atoms with E-state index in [0.29, 0.717) is 16.5 Å². The number of carbonyl (C=O) groups is 1. The first kappa shape index (κ1) is 30.9. The summed E-state index contributed by atoms with van der Waals surface area (Å²) in [5.74, 6) is 1.10. The van der Waals surface area contributed by atoms with Gasteiger partial charge in [-0.15, -0.1) is 0 Å². The second-order valence-corrected chi connectivity index (χ2v) is 10.7. The second-order valence-electron chi connectivity index (χ2n) is 7.85. The number of ether oxygens (including phenoxy) is 3. The topological polar surface area (TPSA) is 137 Å². The number of halogens is 3. The quantitative estimate of drug-likeness (QED) is 0.207. The Hall–Kier alpha value is -3.67. The number of hydrogen-bond donors (Lipinski definition) is 3. The van der Waals surface area contributed by atoms with Gasteiger partial charge in [-0.25, -0.2) is 13.6 Å². The fourth-order valence-corrected chi connectivity index (χ4v) is 4.38. The molecule has 1 amide bonds. The number of phenolic OH excluding ortho intramolecular Hbond substituents is 1. The first-order valence-corrected chi connectivity index (χ1v) is 13.9. The van der Waals surface area contributed by atoms with Crippen molar-refractivity contribution in [3.63, 3.8) is 0 Å². The lowest BCUT2D eigenvalue weighted by Crippen LogP contribution is -2.15. The molecular weight excluding hydrogens is 603 g/mol. The van der Waals surface area contributed by atoms with Crippen LogP contribution >= 0.6 is 34.8 Å². The fourth-order valence-electron chi connectivity index (χ4n) is 3.17. The minimum atomic E-state index is -3.93. The predicted octanol–water partition coefficient (Wildman–Crippen LogP) is 6.75. The number of methoxy groups -OCH3 is 2. The Morgan fingerprint density at radius 1 is 0.825 bits per heavy atom. The summed E-state index contributed by atoms with van der Waals surface area (Å²) in [4.78, 5) is 12.7. The van der Waals surface area contributed by atoms with E-state index in [1.807, 2.05) is 0 Å². The number of aromatic hydroxyl groups is 1. The zero-order valence-corrected chi connectivity index (χ0v) is 24.1. The third-order valence-corrected chi connectivity index (χ3v) is 6.90. The van der Waals surface area contributed by atoms with Gasteiger partial charge in [-0.2, -0.15) is 0 Å². The summed E-state index contributed by atoms with van der Waals surface area (Å²) in [6, 6.07) is 19.8. The smallest absolute Gasteiger partial charge is 0.259 e. The van der Waals surface area contributed by atoms with E-state index in [2.05, 4.69) is 5.32 Å². The van der Waals surface area contributed by atoms with Gasteiger partial charge in [0.05, 0.1) is 40.4 Å². The Bertz CT molecular complexity index is 1630. The molecule has 0 atom stereocenters. The zero-order chi connectivity index (χ0) is 29.4. The number of para-hydroxylation sites is 2. The molecule has 4 aromatic carbocycles. The van der Waals surface area contributed by atoms with Crippen molar-refractivity contribution in [3.8, 4) is 28.7 Å². The molecule has 0 radical (unpaired) electrons. The van der Waals surface area contributed by atoms with Crippen molar-refractivity contribution in [2.75, 3.05) is 19.5 Å². The van der Waals surface area contributed by atoms with Gasteiger partial charge in [0.1, 0.15) is 17.2 Å². The molecule has 0 fully saturated rings. The van der Waals surface area contributed by atoms with Crippen LogP contribution in [0.5, 0.6) is 28.7 Å². The van der Waals surface area contributed by atoms with E-state index in [1.165, 1.54) is 44.6 Å². The highest BCUT2D eigenvalue weighted by Crippen LogP contribution is 2.35. The molecule has 0 aromatic heterocycles. The molecule has 0 aliphatic heterocycles. The van der Waals surface area contributed by atoms with Crippen molar-refractivity contribution < 1.29 is 32.5 Å². The van der Waals surface area contributed by atoms with Crippen molar-refractivity contribution in [1.82, 2.24) is 0 Å². The number of sulfonamides is 1. The Balaban J connectivity index is 0.000000415. The van der Waals surface area contributed by atoms with E-state index in [9.17, 15) is 13.2 Å². The Labute approximate surface area is 246 Å². The number of benzene rings is 4. The molecule has 0 aliphatic rings. The van der Waals surface area contributed by atoms with Crippen molar-refractivity contribution in [3.05, 3.63) is 99.5 Å². The van der Waals surface area contributed by atoms with Crippen LogP contribution in [0.1, 0.15) is 10.4 Å². The summed E-state index contributed by atoms with van der Waals surface area (Å²) in [5.41, 5.74) is 0.324. The van der Waals surface area contributed by atoms with Crippen molar-refractivity contribution in [2.45, 2.75) is 4.90 Å². The highest BCUT2D eigenvalue weighted by molar-refractivity contribution is 7.89. The maximum Gasteiger partial charge on any atom is 0.259 e. The molecule has 9 nitrogen and oxygen atoms in total. The number of rotatable bonds is 7. The summed E-state index contributed by atoms with van der Waals surface area (Å²) >= 11 is 18.4. The van der Waals surface area contributed by atoms with E-state index < -0.39 is 15.9 Å². The molecule has 40 heavy (non-hydrogen) atoms. The van der Waals surface area contributed by atoms with E-state index in [1.54, 1.807) is 42.5 Å². The Morgan fingerprint density at radius 3 is 2.12 bits per heavy atom. The largest absolute Gasteiger partial charge is 0.504 e. The van der Waals surface area contributed by atoms with Gasteiger partial charge in [-0.1, -0.05) is 46.9 Å². The van der Waals surface area contributed by atoms with Crippen LogP contribution in [-0.4, -0.2) is 33.7 Å². The van der Waals surface area contributed by atoms with E-state index in [4.69, 9.17) is 59.3 Å². The van der Waals surface area contributed by atoms with Gasteiger partial charge in [-0.05, 0) is 54.6 Å². The number of phenols is 1. The SMILES string of the molecule is COc1ccc(Oc2cc(Cl)ccc2C(=O)Nc2ccc(S(N)(=O)=O)cc2Cl)c(Cl)c1.COc1ccccc1O. The predicted molar refractivity (Wildman–Crippen MR) is 155 cm³/mol. The summed E-state index contributed by atoms with van der Waals surface area (Å²) in [6.45, 7) is 0. The molecule has 0 aliphatic carbocycles. The number of primary sulfonamides is 1. The maximum absolute atomic E-state index is 12.9. The molecule has 0 spiro atoms. The lowest BCUT2D eigenvalue weighted by atomic mass is 10.1. The number of carbonyl (C=O) groups excluding carboxylic acids is 1. The molecular formula is C27H23Cl3N2O7S. The molecule has 0 unspecified atom stereocenters. The van der Waals surface area contributed by atoms with Gasteiger partial charge in [0, 0.05) is 17.2 Å². The van der Waals surface area contributed by atoms with Gasteiger partial charge in [0.2, 0.25) is 10.0 Å². The van der Waals surface area contributed by atoms with Crippen LogP contribution in [0.3, 0.4) is 0 Å². The average molecular weight is 626 g/mol. The lowest BCUT2D eigenvalue weighted by Gasteiger charge is -2.14. The van der Waals surface area contributed by atoms with Crippen LogP contribution in [0, 0.1) is 0 Å². The maximum atomic E-state index is 12.9. The van der Waals surface area contributed by atoms with Crippen LogP contribution in [0.4, 0.5) is 5.69 Å². The number of hydrogen-bond acceptors (Lipinski definition) is 7. The van der Waals surface area contributed by atoms with Crippen LogP contribution in [0.25, 0.3) is 0 Å². The molecule has 4 rings (SSSR count). The number of nitrogens with one attached hydrogen (secondary N) is 1. The summed E-state index contributed by atoms with van der Waals surface area (Å²) in [6.07, 6.45) is 0. The minimum Gasteiger partial charge on any atom is -0.504 e. The highest BCUT2D eigenvalue weighted by Gasteiger charge is 2.18. The highest BCUT2D eigenvalue weighted by atomic mass is 35.5. The molecule has 0 heterocycles. The third kappa shape index (κ3) is 8.17. The zero-order valence-electron chi connectivity index (χ0n) is 21.0. The molecule has 4 aromatic rings. The van der Waals surface area contributed by atoms with Gasteiger partial charge < -0.3 is 24.6 Å². The van der Waals surface area contributed by atoms with Crippen LogP contribution < -0.4 is 24.7 Å². The minimum absolute atomic E-state index is 0.00509. The van der Waals surface area contributed by atoms with Gasteiger partial charge in [0.15, 0.2) is 11.5 Å². The first-order chi connectivity index (χ1) is 18.9. The van der Waals surface area contributed by atoms with Crippen molar-refractivity contribution in [2.24, 2.45) is 5.14 Å². The summed E-state index contributed by atoms with van der Waals surface area (Å²) < 4.78 is 38.6. The second kappa shape index (κ2) is 13.6. The summed E-state index contributed by atoms with van der Waals surface area (Å²) in [5, 5.41) is 17.3. The number of anilines is 1. The normalized spacial score (nSPS) is 10.7. The first-order valence-electron chi connectivity index (χ1n) is 11.2. The lowest BCUT2D eigenvalue weighted by molar-refractivity contribution is 0.102. The van der Waals surface area contributed by atoms with E-state index in [-0.39, 0.29) is 43.4 Å². The molecule has 0 bridgehead atoms. The molecule has 13 heteroatoms. The van der Waals surface area contributed by atoms with Gasteiger partial charge >= 0.3 is 0 Å². The molecule has 0 saturated heterocycles. The number of nitrogens with two attached hydrogens (primary N) is 1. The number of amides is 1. The molecule has 0 saturated carbocycles. The van der Waals surface area contributed by atoms with Gasteiger partial charge in [0.25, 0.3) is 5.91 Å². The average Bonchev–Trinajstić information content (AvgIpc) is 2.91. The standard InChI is InChI=1S/C20H15Cl3N2O5S.C7H8O2/c1-29-12-3-7-18(16(23)9-12)30-19-8-11(21)2-5-14(19)20(26)25-17-6-4-13(10-15(17)22)31(24,27)28;1-9-7-5-3-2-4-6(7)8/h2-10H,1H3,(H,25,26)(H2,24,27,28);2-5,8H,1H3. The van der Waals surface area contributed by atoms with Crippen LogP contribution in [-0.2, 0) is 10.0 Å². The van der Waals surface area contributed by atoms with Crippen molar-refractivity contribution in [1.29, 1.82) is 0 Å². The van der Waals surface area contributed by atoms with Crippen LogP contribution in [0.2, 0.25) is 15.1 Å².